The number of carboxylic acids is 1. The molecule has 0 unspecified atom stereocenters. The van der Waals surface area contributed by atoms with Gasteiger partial charge < -0.3 is 10.4 Å². The van der Waals surface area contributed by atoms with E-state index in [1.807, 2.05) is 0 Å². The van der Waals surface area contributed by atoms with Crippen LogP contribution in [0.2, 0.25) is 0 Å². The third kappa shape index (κ3) is 5.02. The molecule has 8 heteroatoms. The molecule has 2 rings (SSSR count). The van der Waals surface area contributed by atoms with Crippen molar-refractivity contribution >= 4 is 21.9 Å². The Balaban J connectivity index is 2.08. The zero-order chi connectivity index (χ0) is 18.8. The van der Waals surface area contributed by atoms with Crippen molar-refractivity contribution in [2.24, 2.45) is 5.41 Å². The van der Waals surface area contributed by atoms with Crippen LogP contribution in [-0.4, -0.2) is 38.0 Å². The number of hydrogen-bond acceptors (Lipinski definition) is 4. The van der Waals surface area contributed by atoms with Gasteiger partial charge in [0, 0.05) is 18.2 Å². The summed E-state index contributed by atoms with van der Waals surface area (Å²) in [6, 6.07) is 4.42. The van der Waals surface area contributed by atoms with E-state index in [1.165, 1.54) is 12.1 Å². The van der Waals surface area contributed by atoms with Gasteiger partial charge in [0.05, 0.1) is 10.3 Å². The number of sulfonamides is 1. The highest BCUT2D eigenvalue weighted by Crippen LogP contribution is 2.23. The summed E-state index contributed by atoms with van der Waals surface area (Å²) in [6.45, 7) is 5.09. The fraction of sp³-hybridized carbons (Fsp3) is 0.529. The molecule has 138 valence electrons. The maximum absolute atomic E-state index is 12.4. The molecule has 0 heterocycles. The number of carbonyl (C=O) groups excluding carboxylic acids is 1. The zero-order valence-corrected chi connectivity index (χ0v) is 15.4. The third-order valence-electron chi connectivity index (χ3n) is 4.28. The van der Waals surface area contributed by atoms with Crippen molar-refractivity contribution in [1.82, 2.24) is 10.0 Å². The lowest BCUT2D eigenvalue weighted by Gasteiger charge is -2.19. The summed E-state index contributed by atoms with van der Waals surface area (Å²) in [4.78, 5) is 23.5. The number of rotatable bonds is 8. The lowest BCUT2D eigenvalue weighted by molar-refractivity contribution is -0.147. The molecule has 0 saturated heterocycles. The molecule has 1 saturated carbocycles. The van der Waals surface area contributed by atoms with E-state index < -0.39 is 27.3 Å². The quantitative estimate of drug-likeness (QED) is 0.646. The highest BCUT2D eigenvalue weighted by atomic mass is 32.2. The second-order valence-corrected chi connectivity index (χ2v) is 8.78. The number of benzene rings is 1. The van der Waals surface area contributed by atoms with Gasteiger partial charge in [-0.3, -0.25) is 9.59 Å². The van der Waals surface area contributed by atoms with Gasteiger partial charge in [0.25, 0.3) is 5.91 Å². The van der Waals surface area contributed by atoms with Crippen molar-refractivity contribution in [2.75, 3.05) is 6.54 Å². The average molecular weight is 368 g/mol. The van der Waals surface area contributed by atoms with Crippen LogP contribution >= 0.6 is 0 Å². The van der Waals surface area contributed by atoms with Crippen molar-refractivity contribution in [3.8, 4) is 0 Å². The third-order valence-corrected chi connectivity index (χ3v) is 5.80. The van der Waals surface area contributed by atoms with E-state index in [2.05, 4.69) is 10.0 Å². The largest absolute Gasteiger partial charge is 0.481 e. The topological polar surface area (TPSA) is 113 Å². The van der Waals surface area contributed by atoms with E-state index in [-0.39, 0.29) is 29.5 Å². The molecule has 1 aliphatic carbocycles. The molecule has 1 fully saturated rings. The molecular weight excluding hydrogens is 344 g/mol. The molecule has 3 N–H and O–H groups in total. The van der Waals surface area contributed by atoms with Crippen LogP contribution in [0.3, 0.4) is 0 Å². The number of carboxylic acid groups (broad SMARTS) is 1. The van der Waals surface area contributed by atoms with Gasteiger partial charge in [0.15, 0.2) is 0 Å². The molecule has 1 aromatic rings. The minimum atomic E-state index is -3.63. The minimum absolute atomic E-state index is 0.0122. The monoisotopic (exact) mass is 368 g/mol. The standard InChI is InChI=1S/C17H24N2O5S/c1-11-4-7-13(25(23,24)19-12-5-6-12)10-14(11)15(20)18-9-8-17(2,3)16(21)22/h4,7,10,12,19H,5-6,8-9H2,1-3H3,(H,18,20)(H,21,22). The fourth-order valence-corrected chi connectivity index (χ4v) is 3.52. The Morgan fingerprint density at radius 3 is 2.48 bits per heavy atom. The van der Waals surface area contributed by atoms with Gasteiger partial charge in [0.1, 0.15) is 0 Å². The van der Waals surface area contributed by atoms with Gasteiger partial charge in [-0.15, -0.1) is 0 Å². The van der Waals surface area contributed by atoms with E-state index in [0.29, 0.717) is 5.56 Å². The zero-order valence-electron chi connectivity index (χ0n) is 14.6. The second kappa shape index (κ2) is 7.13. The number of aryl methyl sites for hydroxylation is 1. The number of hydrogen-bond donors (Lipinski definition) is 3. The molecule has 1 amide bonds. The lowest BCUT2D eigenvalue weighted by atomic mass is 9.89. The molecule has 7 nitrogen and oxygen atoms in total. The first-order valence-corrected chi connectivity index (χ1v) is 9.66. The van der Waals surface area contributed by atoms with Gasteiger partial charge in [-0.2, -0.15) is 0 Å². The summed E-state index contributed by atoms with van der Waals surface area (Å²) in [5, 5.41) is 11.7. The molecule has 1 aromatic carbocycles. The van der Waals surface area contributed by atoms with Crippen molar-refractivity contribution in [2.45, 2.75) is 51.0 Å². The maximum atomic E-state index is 12.4. The first-order valence-electron chi connectivity index (χ1n) is 8.17. The first-order chi connectivity index (χ1) is 11.5. The summed E-state index contributed by atoms with van der Waals surface area (Å²) in [6.07, 6.45) is 1.93. The Labute approximate surface area is 147 Å². The van der Waals surface area contributed by atoms with Crippen LogP contribution in [0.5, 0.6) is 0 Å². The molecule has 0 radical (unpaired) electrons. The number of aliphatic carboxylic acids is 1. The maximum Gasteiger partial charge on any atom is 0.309 e. The van der Waals surface area contributed by atoms with E-state index in [0.717, 1.165) is 12.8 Å². The van der Waals surface area contributed by atoms with Crippen LogP contribution < -0.4 is 10.0 Å². The lowest BCUT2D eigenvalue weighted by Crippen LogP contribution is -2.32. The molecule has 0 spiro atoms. The average Bonchev–Trinajstić information content (AvgIpc) is 3.30. The molecule has 0 aromatic heterocycles. The molecule has 25 heavy (non-hydrogen) atoms. The highest BCUT2D eigenvalue weighted by Gasteiger charge is 2.29. The van der Waals surface area contributed by atoms with E-state index in [1.54, 1.807) is 26.8 Å². The van der Waals surface area contributed by atoms with E-state index in [4.69, 9.17) is 5.11 Å². The van der Waals surface area contributed by atoms with Gasteiger partial charge in [-0.1, -0.05) is 6.07 Å². The van der Waals surface area contributed by atoms with Gasteiger partial charge in [0.2, 0.25) is 10.0 Å². The molecular formula is C17H24N2O5S. The highest BCUT2D eigenvalue weighted by molar-refractivity contribution is 7.89. The SMILES string of the molecule is Cc1ccc(S(=O)(=O)NC2CC2)cc1C(=O)NCCC(C)(C)C(=O)O. The van der Waals surface area contributed by atoms with Crippen LogP contribution in [0, 0.1) is 12.3 Å². The molecule has 0 aliphatic heterocycles. The molecule has 1 aliphatic rings. The Morgan fingerprint density at radius 2 is 1.92 bits per heavy atom. The van der Waals surface area contributed by atoms with Crippen molar-refractivity contribution in [1.29, 1.82) is 0 Å². The smallest absolute Gasteiger partial charge is 0.309 e. The summed E-state index contributed by atoms with van der Waals surface area (Å²) in [7, 11) is -3.63. The Hall–Kier alpha value is -1.93. The number of amides is 1. The molecule has 0 atom stereocenters. The van der Waals surface area contributed by atoms with Crippen LogP contribution in [0.15, 0.2) is 23.1 Å². The number of nitrogens with one attached hydrogen (secondary N) is 2. The predicted octanol–water partition coefficient (Wildman–Crippen LogP) is 1.67. The Kier molecular flexibility index (Phi) is 5.53. The van der Waals surface area contributed by atoms with E-state index in [9.17, 15) is 18.0 Å². The second-order valence-electron chi connectivity index (χ2n) is 7.07. The summed E-state index contributed by atoms with van der Waals surface area (Å²) >= 11 is 0. The van der Waals surface area contributed by atoms with Crippen LogP contribution in [0.4, 0.5) is 0 Å². The Morgan fingerprint density at radius 1 is 1.28 bits per heavy atom. The van der Waals surface area contributed by atoms with Crippen LogP contribution in [0.1, 0.15) is 49.0 Å². The minimum Gasteiger partial charge on any atom is -0.481 e. The first kappa shape index (κ1) is 19.4. The van der Waals surface area contributed by atoms with Gasteiger partial charge >= 0.3 is 5.97 Å². The van der Waals surface area contributed by atoms with E-state index >= 15 is 0 Å². The Bertz CT molecular complexity index is 782. The fourth-order valence-electron chi connectivity index (χ4n) is 2.19. The van der Waals surface area contributed by atoms with Crippen LogP contribution in [0.25, 0.3) is 0 Å². The van der Waals surface area contributed by atoms with Gasteiger partial charge in [-0.25, -0.2) is 13.1 Å². The van der Waals surface area contributed by atoms with Crippen LogP contribution in [-0.2, 0) is 14.8 Å². The number of carbonyl (C=O) groups is 2. The van der Waals surface area contributed by atoms with Crippen molar-refractivity contribution in [3.63, 3.8) is 0 Å². The van der Waals surface area contributed by atoms with Gasteiger partial charge in [-0.05, 0) is 57.7 Å². The normalized spacial score (nSPS) is 15.0. The summed E-state index contributed by atoms with van der Waals surface area (Å²) < 4.78 is 27.1. The predicted molar refractivity (Wildman–Crippen MR) is 92.9 cm³/mol. The molecule has 0 bridgehead atoms. The summed E-state index contributed by atoms with van der Waals surface area (Å²) in [5.41, 5.74) is -0.0195. The van der Waals surface area contributed by atoms with Crippen molar-refractivity contribution in [3.05, 3.63) is 29.3 Å². The summed E-state index contributed by atoms with van der Waals surface area (Å²) in [5.74, 6) is -1.35. The van der Waals surface area contributed by atoms with Crippen molar-refractivity contribution < 1.29 is 23.1 Å².